The number of para-hydroxylation sites is 1. The fraction of sp³-hybridized carbons (Fsp3) is 0.250. The fourth-order valence-electron chi connectivity index (χ4n) is 2.53. The van der Waals surface area contributed by atoms with Crippen molar-refractivity contribution in [1.29, 1.82) is 0 Å². The summed E-state index contributed by atoms with van der Waals surface area (Å²) >= 11 is 1.43. The number of amides is 1. The van der Waals surface area contributed by atoms with Gasteiger partial charge in [-0.2, -0.15) is 0 Å². The predicted molar refractivity (Wildman–Crippen MR) is 110 cm³/mol. The summed E-state index contributed by atoms with van der Waals surface area (Å²) in [4.78, 5) is 23.4. The van der Waals surface area contributed by atoms with Crippen LogP contribution in [0.25, 0.3) is 0 Å². The van der Waals surface area contributed by atoms with E-state index in [1.54, 1.807) is 0 Å². The summed E-state index contributed by atoms with van der Waals surface area (Å²) in [6, 6.07) is 20.0. The second kappa shape index (κ2) is 8.67. The fourth-order valence-corrected chi connectivity index (χ4v) is 3.35. The average Bonchev–Trinajstić information content (AvgIpc) is 2.67. The van der Waals surface area contributed by atoms with Crippen molar-refractivity contribution in [3.05, 3.63) is 66.2 Å². The van der Waals surface area contributed by atoms with Gasteiger partial charge in [-0.25, -0.2) is 9.98 Å². The summed E-state index contributed by atoms with van der Waals surface area (Å²) in [5.41, 5.74) is 1.99. The summed E-state index contributed by atoms with van der Waals surface area (Å²) < 4.78 is 0. The standard InChI is InChI=1S/C20H22N4OS/c1-15(2)22-18(25)13-26-20-23-19(16-9-5-3-6-10-16)21-14-24(20)17-11-7-4-8-12-17/h3-12,15H,13-14H2,1-2H3,(H,22,25). The van der Waals surface area contributed by atoms with Crippen molar-refractivity contribution in [2.45, 2.75) is 19.9 Å². The van der Waals surface area contributed by atoms with Gasteiger partial charge in [0, 0.05) is 17.3 Å². The Morgan fingerprint density at radius 2 is 1.77 bits per heavy atom. The molecule has 6 heteroatoms. The second-order valence-electron chi connectivity index (χ2n) is 6.16. The number of benzene rings is 2. The number of carbonyl (C=O) groups is 1. The van der Waals surface area contributed by atoms with Crippen LogP contribution in [0, 0.1) is 0 Å². The van der Waals surface area contributed by atoms with Crippen molar-refractivity contribution in [1.82, 2.24) is 5.32 Å². The van der Waals surface area contributed by atoms with E-state index in [0.29, 0.717) is 18.3 Å². The van der Waals surface area contributed by atoms with E-state index in [2.05, 4.69) is 10.3 Å². The number of carbonyl (C=O) groups excluding carboxylic acids is 1. The lowest BCUT2D eigenvalue weighted by Gasteiger charge is -2.27. The van der Waals surface area contributed by atoms with Crippen LogP contribution >= 0.6 is 11.8 Å². The number of rotatable bonds is 5. The van der Waals surface area contributed by atoms with Crippen molar-refractivity contribution in [3.63, 3.8) is 0 Å². The van der Waals surface area contributed by atoms with Crippen molar-refractivity contribution in [2.75, 3.05) is 17.3 Å². The van der Waals surface area contributed by atoms with Gasteiger partial charge in [-0.3, -0.25) is 4.79 Å². The Morgan fingerprint density at radius 1 is 1.12 bits per heavy atom. The van der Waals surface area contributed by atoms with Crippen LogP contribution in [0.1, 0.15) is 19.4 Å². The molecule has 0 radical (unpaired) electrons. The summed E-state index contributed by atoms with van der Waals surface area (Å²) in [5, 5.41) is 3.70. The number of nitrogens with zero attached hydrogens (tertiary/aromatic N) is 3. The largest absolute Gasteiger partial charge is 0.353 e. The minimum Gasteiger partial charge on any atom is -0.353 e. The van der Waals surface area contributed by atoms with Gasteiger partial charge in [0.2, 0.25) is 5.91 Å². The van der Waals surface area contributed by atoms with Crippen LogP contribution in [-0.2, 0) is 4.79 Å². The van der Waals surface area contributed by atoms with Crippen molar-refractivity contribution in [2.24, 2.45) is 9.98 Å². The van der Waals surface area contributed by atoms with E-state index in [0.717, 1.165) is 16.4 Å². The first-order valence-electron chi connectivity index (χ1n) is 8.57. The third-order valence-corrected chi connectivity index (χ3v) is 4.65. The van der Waals surface area contributed by atoms with Gasteiger partial charge in [0.05, 0.1) is 5.75 Å². The highest BCUT2D eigenvalue weighted by atomic mass is 32.2. The molecule has 5 nitrogen and oxygen atoms in total. The predicted octanol–water partition coefficient (Wildman–Crippen LogP) is 3.52. The Kier molecular flexibility index (Phi) is 6.07. The molecule has 0 saturated heterocycles. The van der Waals surface area contributed by atoms with Crippen molar-refractivity contribution in [3.8, 4) is 0 Å². The summed E-state index contributed by atoms with van der Waals surface area (Å²) in [6.07, 6.45) is 0. The number of aliphatic imine (C=N–C) groups is 2. The first-order valence-corrected chi connectivity index (χ1v) is 9.55. The molecular weight excluding hydrogens is 344 g/mol. The maximum absolute atomic E-state index is 12.1. The van der Waals surface area contributed by atoms with Crippen molar-refractivity contribution < 1.29 is 4.79 Å². The van der Waals surface area contributed by atoms with Gasteiger partial charge in [0.1, 0.15) is 6.67 Å². The molecule has 3 rings (SSSR count). The zero-order valence-electron chi connectivity index (χ0n) is 14.9. The van der Waals surface area contributed by atoms with E-state index in [1.165, 1.54) is 11.8 Å². The van der Waals surface area contributed by atoms with Gasteiger partial charge in [0.15, 0.2) is 11.0 Å². The molecule has 0 fully saturated rings. The van der Waals surface area contributed by atoms with E-state index in [9.17, 15) is 4.79 Å². The third-order valence-electron chi connectivity index (χ3n) is 3.68. The molecule has 0 bridgehead atoms. The number of thioether (sulfide) groups is 1. The first-order chi connectivity index (χ1) is 12.6. The molecule has 2 aromatic rings. The molecule has 1 aliphatic heterocycles. The smallest absolute Gasteiger partial charge is 0.230 e. The highest BCUT2D eigenvalue weighted by Crippen LogP contribution is 2.23. The topological polar surface area (TPSA) is 57.1 Å². The van der Waals surface area contributed by atoms with Crippen molar-refractivity contribution >= 4 is 34.4 Å². The van der Waals surface area contributed by atoms with Crippen LogP contribution in [0.4, 0.5) is 5.69 Å². The van der Waals surface area contributed by atoms with Gasteiger partial charge >= 0.3 is 0 Å². The SMILES string of the molecule is CC(C)NC(=O)CSC1=NC(c2ccccc2)=NCN1c1ccccc1. The first kappa shape index (κ1) is 18.2. The molecule has 1 N–H and O–H groups in total. The van der Waals surface area contributed by atoms with Gasteiger partial charge in [-0.05, 0) is 26.0 Å². The summed E-state index contributed by atoms with van der Waals surface area (Å²) in [7, 11) is 0. The zero-order chi connectivity index (χ0) is 18.4. The van der Waals surface area contributed by atoms with E-state index in [1.807, 2.05) is 79.4 Å². The Morgan fingerprint density at radius 3 is 2.42 bits per heavy atom. The molecule has 0 spiro atoms. The van der Waals surface area contributed by atoms with Crippen LogP contribution in [-0.4, -0.2) is 35.4 Å². The van der Waals surface area contributed by atoms with Crippen LogP contribution in [0.5, 0.6) is 0 Å². The quantitative estimate of drug-likeness (QED) is 0.881. The molecular formula is C20H22N4OS. The number of hydrogen-bond donors (Lipinski definition) is 1. The Balaban J connectivity index is 1.82. The normalized spacial score (nSPS) is 14.0. The molecule has 134 valence electrons. The number of hydrogen-bond acceptors (Lipinski definition) is 5. The summed E-state index contributed by atoms with van der Waals surface area (Å²) in [5.74, 6) is 1.02. The van der Waals surface area contributed by atoms with Gasteiger partial charge < -0.3 is 10.2 Å². The lowest BCUT2D eigenvalue weighted by molar-refractivity contribution is -0.119. The highest BCUT2D eigenvalue weighted by molar-refractivity contribution is 8.14. The van der Waals surface area contributed by atoms with Crippen LogP contribution in [0.2, 0.25) is 0 Å². The van der Waals surface area contributed by atoms with E-state index in [-0.39, 0.29) is 11.9 Å². The van der Waals surface area contributed by atoms with Crippen LogP contribution in [0.15, 0.2) is 70.6 Å². The Bertz CT molecular complexity index is 803. The minimum absolute atomic E-state index is 0.00415. The van der Waals surface area contributed by atoms with Crippen LogP contribution < -0.4 is 10.2 Å². The summed E-state index contributed by atoms with van der Waals surface area (Å²) in [6.45, 7) is 4.39. The van der Waals surface area contributed by atoms with E-state index in [4.69, 9.17) is 4.99 Å². The zero-order valence-corrected chi connectivity index (χ0v) is 15.7. The maximum Gasteiger partial charge on any atom is 0.230 e. The number of anilines is 1. The molecule has 0 aliphatic carbocycles. The molecule has 1 aliphatic rings. The molecule has 0 atom stereocenters. The highest BCUT2D eigenvalue weighted by Gasteiger charge is 2.21. The lowest BCUT2D eigenvalue weighted by atomic mass is 10.2. The third kappa shape index (κ3) is 4.73. The Hall–Kier alpha value is -2.60. The molecule has 0 unspecified atom stereocenters. The minimum atomic E-state index is 0.00415. The molecule has 0 saturated carbocycles. The maximum atomic E-state index is 12.1. The molecule has 0 aromatic heterocycles. The van der Waals surface area contributed by atoms with Gasteiger partial charge in [-0.1, -0.05) is 60.3 Å². The second-order valence-corrected chi connectivity index (χ2v) is 7.10. The van der Waals surface area contributed by atoms with Gasteiger partial charge in [-0.15, -0.1) is 0 Å². The monoisotopic (exact) mass is 366 g/mol. The molecule has 26 heavy (non-hydrogen) atoms. The molecule has 1 amide bonds. The number of nitrogens with one attached hydrogen (secondary N) is 1. The molecule has 1 heterocycles. The average molecular weight is 366 g/mol. The molecule has 2 aromatic carbocycles. The van der Waals surface area contributed by atoms with E-state index < -0.39 is 0 Å². The van der Waals surface area contributed by atoms with Crippen LogP contribution in [0.3, 0.4) is 0 Å². The number of amidine groups is 2. The Labute approximate surface area is 158 Å². The van der Waals surface area contributed by atoms with E-state index >= 15 is 0 Å². The lowest BCUT2D eigenvalue weighted by Crippen LogP contribution is -2.36. The van der Waals surface area contributed by atoms with Gasteiger partial charge in [0.25, 0.3) is 0 Å².